The Kier molecular flexibility index (Phi) is 18.4. The van der Waals surface area contributed by atoms with Crippen molar-refractivity contribution < 1.29 is 9.53 Å². The summed E-state index contributed by atoms with van der Waals surface area (Å²) in [5.74, 6) is 1.23. The number of ether oxygens (including phenoxy) is 1. The summed E-state index contributed by atoms with van der Waals surface area (Å²) in [5.41, 5.74) is 14.0. The number of hydrogen-bond donors (Lipinski definition) is 2. The monoisotopic (exact) mass is 525 g/mol. The van der Waals surface area contributed by atoms with Crippen LogP contribution in [0.5, 0.6) is 5.75 Å². The number of nitrogens with two attached hydrogens (primary N) is 2. The van der Waals surface area contributed by atoms with Gasteiger partial charge < -0.3 is 21.1 Å². The maximum Gasteiger partial charge on any atom is 0.239 e. The van der Waals surface area contributed by atoms with Crippen molar-refractivity contribution in [3.63, 3.8) is 0 Å². The molecule has 0 aromatic heterocycles. The van der Waals surface area contributed by atoms with Crippen LogP contribution in [0.2, 0.25) is 0 Å². The molecule has 5 nitrogen and oxygen atoms in total. The molecule has 0 fully saturated rings. The minimum Gasteiger partial charge on any atom is -0.493 e. The number of hydrogen-bond acceptors (Lipinski definition) is 4. The first-order valence-electron chi connectivity index (χ1n) is 12.5. The number of rotatable bonds is 16. The molecule has 0 saturated carbocycles. The number of likely N-dealkylation sites (N-methyl/N-ethyl adjacent to an activating group) is 1. The number of nitrogens with zero attached hydrogens (tertiary/aromatic N) is 1. The van der Waals surface area contributed by atoms with Crippen molar-refractivity contribution in [3.05, 3.63) is 65.7 Å². The van der Waals surface area contributed by atoms with Gasteiger partial charge in [0.15, 0.2) is 0 Å². The van der Waals surface area contributed by atoms with Crippen LogP contribution in [0.1, 0.15) is 75.3 Å². The van der Waals surface area contributed by atoms with Crippen LogP contribution in [0, 0.1) is 0 Å². The minimum absolute atomic E-state index is 0. The van der Waals surface area contributed by atoms with E-state index in [2.05, 4.69) is 37.3 Å². The number of benzene rings is 2. The SMILES string of the molecule is CCCCCC[C@@H](COc1ccc(CN(C)C(=O)[C@H](N)CCCCN)cc1)c1ccccc1.Cl.Cl. The Labute approximate surface area is 224 Å². The van der Waals surface area contributed by atoms with E-state index in [1.165, 1.54) is 31.2 Å². The first kappa shape index (κ1) is 33.2. The van der Waals surface area contributed by atoms with Gasteiger partial charge in [0.25, 0.3) is 0 Å². The fourth-order valence-electron chi connectivity index (χ4n) is 4.04. The van der Waals surface area contributed by atoms with Gasteiger partial charge >= 0.3 is 0 Å². The molecular weight excluding hydrogens is 481 g/mol. The molecule has 7 heteroatoms. The molecule has 4 N–H and O–H groups in total. The van der Waals surface area contributed by atoms with Crippen LogP contribution in [-0.4, -0.2) is 37.0 Å². The van der Waals surface area contributed by atoms with Crippen molar-refractivity contribution in [1.82, 2.24) is 4.90 Å². The lowest BCUT2D eigenvalue weighted by molar-refractivity contribution is -0.132. The number of carbonyl (C=O) groups excluding carboxylic acids is 1. The molecule has 0 aliphatic rings. The third-order valence-corrected chi connectivity index (χ3v) is 6.13. The first-order valence-corrected chi connectivity index (χ1v) is 12.5. The number of amides is 1. The van der Waals surface area contributed by atoms with Crippen LogP contribution in [0.25, 0.3) is 0 Å². The van der Waals surface area contributed by atoms with Crippen LogP contribution in [-0.2, 0) is 11.3 Å². The Balaban J connectivity index is 0.00000578. The minimum atomic E-state index is -0.462. The highest BCUT2D eigenvalue weighted by atomic mass is 35.5. The lowest BCUT2D eigenvalue weighted by Gasteiger charge is -2.22. The van der Waals surface area contributed by atoms with Gasteiger partial charge in [-0.05, 0) is 49.1 Å². The van der Waals surface area contributed by atoms with Gasteiger partial charge in [-0.25, -0.2) is 0 Å². The number of halogens is 2. The zero-order valence-electron chi connectivity index (χ0n) is 21.4. The lowest BCUT2D eigenvalue weighted by atomic mass is 9.94. The van der Waals surface area contributed by atoms with Gasteiger partial charge in [0.2, 0.25) is 5.91 Å². The van der Waals surface area contributed by atoms with Crippen LogP contribution >= 0.6 is 24.8 Å². The Morgan fingerprint density at radius 1 is 0.914 bits per heavy atom. The summed E-state index contributed by atoms with van der Waals surface area (Å²) in [5, 5.41) is 0. The Morgan fingerprint density at radius 3 is 2.20 bits per heavy atom. The molecule has 0 heterocycles. The molecule has 0 aliphatic heterocycles. The molecule has 0 saturated heterocycles. The van der Waals surface area contributed by atoms with Gasteiger partial charge in [-0.1, -0.05) is 81.5 Å². The second-order valence-electron chi connectivity index (χ2n) is 9.00. The predicted molar refractivity (Wildman–Crippen MR) is 152 cm³/mol. The van der Waals surface area contributed by atoms with E-state index < -0.39 is 6.04 Å². The molecule has 0 radical (unpaired) electrons. The second kappa shape index (κ2) is 19.4. The highest BCUT2D eigenvalue weighted by Crippen LogP contribution is 2.24. The van der Waals surface area contributed by atoms with E-state index in [4.69, 9.17) is 16.2 Å². The largest absolute Gasteiger partial charge is 0.493 e. The first-order chi connectivity index (χ1) is 16.0. The van der Waals surface area contributed by atoms with E-state index >= 15 is 0 Å². The fourth-order valence-corrected chi connectivity index (χ4v) is 4.04. The van der Waals surface area contributed by atoms with E-state index in [1.54, 1.807) is 11.9 Å². The summed E-state index contributed by atoms with van der Waals surface area (Å²) >= 11 is 0. The van der Waals surface area contributed by atoms with Crippen LogP contribution in [0.4, 0.5) is 0 Å². The Morgan fingerprint density at radius 2 is 1.57 bits per heavy atom. The molecule has 0 spiro atoms. The molecule has 2 aromatic rings. The Bertz CT molecular complexity index is 791. The summed E-state index contributed by atoms with van der Waals surface area (Å²) in [7, 11) is 1.80. The summed E-state index contributed by atoms with van der Waals surface area (Å²) in [4.78, 5) is 14.2. The van der Waals surface area contributed by atoms with Crippen LogP contribution in [0.3, 0.4) is 0 Å². The van der Waals surface area contributed by atoms with Crippen LogP contribution < -0.4 is 16.2 Å². The van der Waals surface area contributed by atoms with Crippen molar-refractivity contribution >= 4 is 30.7 Å². The number of carbonyl (C=O) groups is 1. The Hall–Kier alpha value is -1.79. The molecule has 2 rings (SSSR count). The highest BCUT2D eigenvalue weighted by Gasteiger charge is 2.18. The quantitative estimate of drug-likeness (QED) is 0.260. The number of unbranched alkanes of at least 4 members (excludes halogenated alkanes) is 4. The second-order valence-corrected chi connectivity index (χ2v) is 9.00. The summed E-state index contributed by atoms with van der Waals surface area (Å²) in [6.45, 7) is 4.09. The van der Waals surface area contributed by atoms with E-state index in [0.717, 1.165) is 30.6 Å². The van der Waals surface area contributed by atoms with Gasteiger partial charge in [-0.2, -0.15) is 0 Å². The third-order valence-electron chi connectivity index (χ3n) is 6.13. The topological polar surface area (TPSA) is 81.6 Å². The summed E-state index contributed by atoms with van der Waals surface area (Å²) in [6.07, 6.45) is 8.64. The van der Waals surface area contributed by atoms with Crippen molar-refractivity contribution in [2.45, 2.75) is 76.8 Å². The molecule has 2 aromatic carbocycles. The average Bonchev–Trinajstić information content (AvgIpc) is 2.84. The van der Waals surface area contributed by atoms with Gasteiger partial charge in [-0.3, -0.25) is 4.79 Å². The molecule has 0 unspecified atom stereocenters. The standard InChI is InChI=1S/C28H43N3O2.2ClH/c1-3-4-5-7-14-25(24-12-8-6-9-13-24)22-33-26-18-16-23(17-19-26)21-31(2)28(32)27(30)15-10-11-20-29;;/h6,8-9,12-13,16-19,25,27H,3-5,7,10-11,14-15,20-22,29-30H2,1-2H3;2*1H/t25-,27+;;/m0../s1. The maximum absolute atomic E-state index is 12.5. The molecule has 0 aliphatic carbocycles. The van der Waals surface area contributed by atoms with Crippen molar-refractivity contribution in [2.24, 2.45) is 11.5 Å². The lowest BCUT2D eigenvalue weighted by Crippen LogP contribution is -2.41. The van der Waals surface area contributed by atoms with E-state index in [9.17, 15) is 4.79 Å². The van der Waals surface area contributed by atoms with Gasteiger partial charge in [0, 0.05) is 19.5 Å². The maximum atomic E-state index is 12.5. The van der Waals surface area contributed by atoms with E-state index in [0.29, 0.717) is 32.0 Å². The predicted octanol–water partition coefficient (Wildman–Crippen LogP) is 6.08. The zero-order chi connectivity index (χ0) is 23.9. The molecule has 1 amide bonds. The normalized spacial score (nSPS) is 12.1. The van der Waals surface area contributed by atoms with Crippen LogP contribution in [0.15, 0.2) is 54.6 Å². The fraction of sp³-hybridized carbons (Fsp3) is 0.536. The summed E-state index contributed by atoms with van der Waals surface area (Å²) in [6, 6.07) is 18.2. The zero-order valence-corrected chi connectivity index (χ0v) is 23.0. The van der Waals surface area contributed by atoms with Crippen molar-refractivity contribution in [3.8, 4) is 5.75 Å². The highest BCUT2D eigenvalue weighted by molar-refractivity contribution is 5.85. The molecule has 0 bridgehead atoms. The molecular formula is C28H45Cl2N3O2. The van der Waals surface area contributed by atoms with Gasteiger partial charge in [-0.15, -0.1) is 24.8 Å². The third kappa shape index (κ3) is 12.6. The smallest absolute Gasteiger partial charge is 0.239 e. The molecule has 35 heavy (non-hydrogen) atoms. The van der Waals surface area contributed by atoms with E-state index in [1.807, 2.05) is 24.3 Å². The average molecular weight is 527 g/mol. The van der Waals surface area contributed by atoms with Crippen molar-refractivity contribution in [1.29, 1.82) is 0 Å². The molecule has 198 valence electrons. The van der Waals surface area contributed by atoms with E-state index in [-0.39, 0.29) is 30.7 Å². The van der Waals surface area contributed by atoms with Gasteiger partial charge in [0.05, 0.1) is 12.6 Å². The van der Waals surface area contributed by atoms with Crippen molar-refractivity contribution in [2.75, 3.05) is 20.2 Å². The summed E-state index contributed by atoms with van der Waals surface area (Å²) < 4.78 is 6.17. The van der Waals surface area contributed by atoms with Gasteiger partial charge in [0.1, 0.15) is 5.75 Å². The molecule has 2 atom stereocenters.